The molecule has 3 heteroatoms. The lowest BCUT2D eigenvalue weighted by Gasteiger charge is -2.20. The fraction of sp³-hybridized carbons (Fsp3) is 0. The van der Waals surface area contributed by atoms with E-state index in [-0.39, 0.29) is 0 Å². The van der Waals surface area contributed by atoms with Crippen molar-refractivity contribution in [2.24, 2.45) is 0 Å². The fourth-order valence-electron chi connectivity index (χ4n) is 2.49. The van der Waals surface area contributed by atoms with Crippen molar-refractivity contribution in [1.82, 2.24) is 0 Å². The Morgan fingerprint density at radius 1 is 0.682 bits per heavy atom. The summed E-state index contributed by atoms with van der Waals surface area (Å²) in [5, 5.41) is 11.4. The van der Waals surface area contributed by atoms with Crippen LogP contribution < -0.4 is 15.9 Å². The second-order valence-electron chi connectivity index (χ2n) is 4.94. The molecule has 0 saturated carbocycles. The SMILES string of the molecule is N#Cc1cccc(P(=O)(c2ccccc2)c2ccccc2)c1. The Hall–Kier alpha value is -2.62. The lowest BCUT2D eigenvalue weighted by atomic mass is 10.2. The van der Waals surface area contributed by atoms with Gasteiger partial charge in [0.1, 0.15) is 0 Å². The molecule has 0 atom stereocenters. The highest BCUT2D eigenvalue weighted by Crippen LogP contribution is 2.42. The summed E-state index contributed by atoms with van der Waals surface area (Å²) in [5.41, 5.74) is 0.518. The zero-order valence-corrected chi connectivity index (χ0v) is 12.8. The highest BCUT2D eigenvalue weighted by molar-refractivity contribution is 7.85. The van der Waals surface area contributed by atoms with Crippen molar-refractivity contribution < 1.29 is 4.57 Å². The third kappa shape index (κ3) is 2.48. The van der Waals surface area contributed by atoms with Gasteiger partial charge < -0.3 is 4.57 Å². The predicted molar refractivity (Wildman–Crippen MR) is 90.5 cm³/mol. The first-order chi connectivity index (χ1) is 10.7. The van der Waals surface area contributed by atoms with E-state index in [1.807, 2.05) is 66.7 Å². The lowest BCUT2D eigenvalue weighted by Crippen LogP contribution is -2.25. The van der Waals surface area contributed by atoms with Crippen LogP contribution in [0.2, 0.25) is 0 Å². The molecule has 0 aliphatic heterocycles. The number of hydrogen-bond acceptors (Lipinski definition) is 2. The van der Waals surface area contributed by atoms with Crippen LogP contribution in [0.3, 0.4) is 0 Å². The van der Waals surface area contributed by atoms with Gasteiger partial charge >= 0.3 is 0 Å². The average molecular weight is 303 g/mol. The molecule has 0 aliphatic carbocycles. The molecule has 0 spiro atoms. The highest BCUT2D eigenvalue weighted by Gasteiger charge is 2.29. The van der Waals surface area contributed by atoms with Crippen LogP contribution in [0.1, 0.15) is 5.56 Å². The minimum Gasteiger partial charge on any atom is -0.309 e. The topological polar surface area (TPSA) is 40.9 Å². The van der Waals surface area contributed by atoms with Crippen LogP contribution in [0, 0.1) is 11.3 Å². The van der Waals surface area contributed by atoms with Crippen molar-refractivity contribution in [2.75, 3.05) is 0 Å². The van der Waals surface area contributed by atoms with E-state index in [1.54, 1.807) is 18.2 Å². The summed E-state index contributed by atoms with van der Waals surface area (Å²) >= 11 is 0. The minimum absolute atomic E-state index is 0.518. The molecule has 106 valence electrons. The standard InChI is InChI=1S/C19H14NOP/c20-15-16-8-7-13-19(14-16)22(21,17-9-3-1-4-10-17)18-11-5-2-6-12-18/h1-14H. The van der Waals surface area contributed by atoms with Crippen molar-refractivity contribution >= 4 is 23.1 Å². The second kappa shape index (κ2) is 6.02. The summed E-state index contributed by atoms with van der Waals surface area (Å²) in [6.45, 7) is 0. The van der Waals surface area contributed by atoms with Crippen molar-refractivity contribution in [3.8, 4) is 6.07 Å². The Kier molecular flexibility index (Phi) is 3.92. The van der Waals surface area contributed by atoms with Gasteiger partial charge in [0.2, 0.25) is 0 Å². The van der Waals surface area contributed by atoms with Gasteiger partial charge in [0.05, 0.1) is 11.6 Å². The Labute approximate surface area is 130 Å². The first kappa shape index (κ1) is 14.3. The molecular formula is C19H14NOP. The molecule has 0 heterocycles. The van der Waals surface area contributed by atoms with Crippen LogP contribution >= 0.6 is 7.14 Å². The number of hydrogen-bond donors (Lipinski definition) is 0. The molecule has 3 rings (SSSR count). The van der Waals surface area contributed by atoms with E-state index in [0.29, 0.717) is 10.9 Å². The number of nitriles is 1. The molecule has 0 aromatic heterocycles. The van der Waals surface area contributed by atoms with Gasteiger partial charge in [-0.25, -0.2) is 0 Å². The molecule has 22 heavy (non-hydrogen) atoms. The van der Waals surface area contributed by atoms with Gasteiger partial charge in [0.15, 0.2) is 7.14 Å². The first-order valence-electron chi connectivity index (χ1n) is 6.97. The van der Waals surface area contributed by atoms with E-state index in [1.165, 1.54) is 0 Å². The van der Waals surface area contributed by atoms with Gasteiger partial charge in [0, 0.05) is 15.9 Å². The van der Waals surface area contributed by atoms with E-state index >= 15 is 0 Å². The van der Waals surface area contributed by atoms with Gasteiger partial charge in [0.25, 0.3) is 0 Å². The molecule has 0 aliphatic rings. The number of rotatable bonds is 3. The zero-order valence-electron chi connectivity index (χ0n) is 11.9. The van der Waals surface area contributed by atoms with E-state index in [2.05, 4.69) is 6.07 Å². The van der Waals surface area contributed by atoms with E-state index in [4.69, 9.17) is 5.26 Å². The lowest BCUT2D eigenvalue weighted by molar-refractivity contribution is 0.592. The molecule has 0 bridgehead atoms. The maximum absolute atomic E-state index is 14.0. The highest BCUT2D eigenvalue weighted by atomic mass is 31.2. The van der Waals surface area contributed by atoms with Crippen LogP contribution in [-0.2, 0) is 4.57 Å². The summed E-state index contributed by atoms with van der Waals surface area (Å²) < 4.78 is 14.0. The van der Waals surface area contributed by atoms with Crippen LogP contribution in [0.15, 0.2) is 84.9 Å². The summed E-state index contributed by atoms with van der Waals surface area (Å²) in [6, 6.07) is 28.1. The third-order valence-electron chi connectivity index (χ3n) is 3.58. The molecule has 3 aromatic carbocycles. The summed E-state index contributed by atoms with van der Waals surface area (Å²) in [5.74, 6) is 0. The maximum Gasteiger partial charge on any atom is 0.171 e. The minimum atomic E-state index is -2.97. The molecule has 3 aromatic rings. The average Bonchev–Trinajstić information content (AvgIpc) is 2.62. The molecule has 0 saturated heterocycles. The van der Waals surface area contributed by atoms with Crippen molar-refractivity contribution in [3.05, 3.63) is 90.5 Å². The molecule has 0 fully saturated rings. The quantitative estimate of drug-likeness (QED) is 0.697. The van der Waals surface area contributed by atoms with Crippen LogP contribution in [-0.4, -0.2) is 0 Å². The number of nitrogens with zero attached hydrogens (tertiary/aromatic N) is 1. The van der Waals surface area contributed by atoms with E-state index in [9.17, 15) is 4.57 Å². The Morgan fingerprint density at radius 3 is 1.68 bits per heavy atom. The first-order valence-corrected chi connectivity index (χ1v) is 8.68. The molecular weight excluding hydrogens is 289 g/mol. The van der Waals surface area contributed by atoms with Crippen molar-refractivity contribution in [3.63, 3.8) is 0 Å². The van der Waals surface area contributed by atoms with Gasteiger partial charge in [-0.15, -0.1) is 0 Å². The molecule has 2 nitrogen and oxygen atoms in total. The van der Waals surface area contributed by atoms with Crippen molar-refractivity contribution in [1.29, 1.82) is 5.26 Å². The zero-order chi connectivity index (χ0) is 15.4. The number of benzene rings is 3. The normalized spacial score (nSPS) is 10.9. The van der Waals surface area contributed by atoms with Gasteiger partial charge in [-0.2, -0.15) is 5.26 Å². The smallest absolute Gasteiger partial charge is 0.171 e. The Balaban J connectivity index is 2.29. The molecule has 0 unspecified atom stereocenters. The van der Waals surface area contributed by atoms with Gasteiger partial charge in [-0.1, -0.05) is 72.8 Å². The van der Waals surface area contributed by atoms with Crippen LogP contribution in [0.4, 0.5) is 0 Å². The monoisotopic (exact) mass is 303 g/mol. The largest absolute Gasteiger partial charge is 0.309 e. The summed E-state index contributed by atoms with van der Waals surface area (Å²) in [4.78, 5) is 0. The summed E-state index contributed by atoms with van der Waals surface area (Å²) in [7, 11) is -2.97. The van der Waals surface area contributed by atoms with Gasteiger partial charge in [-0.05, 0) is 12.1 Å². The molecule has 0 radical (unpaired) electrons. The van der Waals surface area contributed by atoms with E-state index < -0.39 is 7.14 Å². The predicted octanol–water partition coefficient (Wildman–Crippen LogP) is 3.20. The molecule has 0 N–H and O–H groups in total. The molecule has 0 amide bonds. The maximum atomic E-state index is 14.0. The van der Waals surface area contributed by atoms with E-state index in [0.717, 1.165) is 10.6 Å². The second-order valence-corrected chi connectivity index (χ2v) is 7.71. The summed E-state index contributed by atoms with van der Waals surface area (Å²) in [6.07, 6.45) is 0. The third-order valence-corrected chi connectivity index (χ3v) is 6.63. The Morgan fingerprint density at radius 2 is 1.18 bits per heavy atom. The van der Waals surface area contributed by atoms with Crippen LogP contribution in [0.25, 0.3) is 0 Å². The van der Waals surface area contributed by atoms with Gasteiger partial charge in [-0.3, -0.25) is 0 Å². The van der Waals surface area contributed by atoms with Crippen LogP contribution in [0.5, 0.6) is 0 Å². The fourth-order valence-corrected chi connectivity index (χ4v) is 5.19. The van der Waals surface area contributed by atoms with Crippen molar-refractivity contribution in [2.45, 2.75) is 0 Å². The Bertz CT molecular complexity index is 823.